The van der Waals surface area contributed by atoms with Gasteiger partial charge in [0.25, 0.3) is 5.91 Å². The quantitative estimate of drug-likeness (QED) is 0.804. The number of amides is 1. The number of carbonyl (C=O) groups is 1. The van der Waals surface area contributed by atoms with Gasteiger partial charge in [0.1, 0.15) is 5.82 Å². The molecule has 1 amide bonds. The van der Waals surface area contributed by atoms with E-state index in [1.165, 1.54) is 12.1 Å². The van der Waals surface area contributed by atoms with Crippen molar-refractivity contribution in [2.75, 3.05) is 5.32 Å². The highest BCUT2D eigenvalue weighted by Crippen LogP contribution is 2.22. The van der Waals surface area contributed by atoms with Crippen LogP contribution < -0.4 is 5.32 Å². The van der Waals surface area contributed by atoms with Crippen molar-refractivity contribution in [1.82, 2.24) is 0 Å². The second kappa shape index (κ2) is 6.07. The van der Waals surface area contributed by atoms with Gasteiger partial charge >= 0.3 is 0 Å². The lowest BCUT2D eigenvalue weighted by atomic mass is 10.2. The van der Waals surface area contributed by atoms with Crippen LogP contribution in [0.1, 0.15) is 15.9 Å². The first-order chi connectivity index (χ1) is 9.51. The van der Waals surface area contributed by atoms with E-state index in [1.807, 2.05) is 6.07 Å². The highest BCUT2D eigenvalue weighted by atomic mass is 79.9. The molecule has 100 valence electrons. The molecule has 2 rings (SSSR count). The highest BCUT2D eigenvalue weighted by Gasteiger charge is 2.12. The Kier molecular flexibility index (Phi) is 4.42. The molecule has 3 nitrogen and oxygen atoms in total. The summed E-state index contributed by atoms with van der Waals surface area (Å²) in [6, 6.07) is 10.6. The Bertz CT molecular complexity index is 728. The van der Waals surface area contributed by atoms with Crippen molar-refractivity contribution >= 4 is 40.2 Å². The van der Waals surface area contributed by atoms with E-state index < -0.39 is 11.7 Å². The van der Waals surface area contributed by atoms with Crippen LogP contribution in [-0.4, -0.2) is 5.91 Å². The number of anilines is 1. The lowest BCUT2D eigenvalue weighted by Crippen LogP contribution is -2.13. The number of nitrogens with one attached hydrogen (secondary N) is 1. The van der Waals surface area contributed by atoms with Crippen LogP contribution in [0.25, 0.3) is 0 Å². The van der Waals surface area contributed by atoms with Gasteiger partial charge in [0.15, 0.2) is 0 Å². The van der Waals surface area contributed by atoms with Crippen LogP contribution in [0.2, 0.25) is 0 Å². The van der Waals surface area contributed by atoms with E-state index in [0.717, 1.165) is 10.5 Å². The summed E-state index contributed by atoms with van der Waals surface area (Å²) in [6.45, 7) is 0. The number of thiol groups is 1. The zero-order chi connectivity index (χ0) is 14.7. The molecule has 1 N–H and O–H groups in total. The minimum absolute atomic E-state index is 0.0182. The fourth-order valence-electron chi connectivity index (χ4n) is 1.57. The van der Waals surface area contributed by atoms with Crippen molar-refractivity contribution in [3.05, 3.63) is 57.8 Å². The molecule has 0 spiro atoms. The van der Waals surface area contributed by atoms with Gasteiger partial charge in [-0.15, -0.1) is 12.6 Å². The van der Waals surface area contributed by atoms with Crippen LogP contribution in [-0.2, 0) is 0 Å². The Morgan fingerprint density at radius 1 is 1.30 bits per heavy atom. The van der Waals surface area contributed by atoms with Gasteiger partial charge in [0.05, 0.1) is 22.9 Å². The third-order valence-electron chi connectivity index (χ3n) is 2.55. The van der Waals surface area contributed by atoms with E-state index >= 15 is 0 Å². The molecule has 0 aliphatic carbocycles. The maximum atomic E-state index is 13.7. The van der Waals surface area contributed by atoms with Crippen molar-refractivity contribution < 1.29 is 9.18 Å². The summed E-state index contributed by atoms with van der Waals surface area (Å²) in [4.78, 5) is 12.5. The van der Waals surface area contributed by atoms with E-state index in [9.17, 15) is 9.18 Å². The summed E-state index contributed by atoms with van der Waals surface area (Å²) in [5.74, 6) is -1.12. The number of carbonyl (C=O) groups excluding carboxylic acids is 1. The molecule has 20 heavy (non-hydrogen) atoms. The van der Waals surface area contributed by atoms with Gasteiger partial charge in [-0.3, -0.25) is 4.79 Å². The molecule has 0 aromatic heterocycles. The summed E-state index contributed by atoms with van der Waals surface area (Å²) >= 11 is 7.47. The lowest BCUT2D eigenvalue weighted by molar-refractivity contribution is 0.102. The third kappa shape index (κ3) is 3.18. The monoisotopic (exact) mass is 350 g/mol. The molecule has 6 heteroatoms. The molecule has 0 bridgehead atoms. The molecule has 0 saturated heterocycles. The van der Waals surface area contributed by atoms with Gasteiger partial charge in [-0.1, -0.05) is 15.9 Å². The molecule has 0 unspecified atom stereocenters. The minimum Gasteiger partial charge on any atom is -0.319 e. The van der Waals surface area contributed by atoms with Gasteiger partial charge in [0.2, 0.25) is 0 Å². The van der Waals surface area contributed by atoms with Crippen LogP contribution in [0, 0.1) is 17.1 Å². The number of hydrogen-bond donors (Lipinski definition) is 2. The Morgan fingerprint density at radius 3 is 2.65 bits per heavy atom. The number of nitrogens with zero attached hydrogens (tertiary/aromatic N) is 1. The van der Waals surface area contributed by atoms with Gasteiger partial charge in [0, 0.05) is 9.37 Å². The molecule has 0 saturated carbocycles. The third-order valence-corrected chi connectivity index (χ3v) is 3.41. The van der Waals surface area contributed by atoms with Crippen LogP contribution >= 0.6 is 28.6 Å². The Balaban J connectivity index is 2.26. The largest absolute Gasteiger partial charge is 0.319 e. The molecular formula is C14H8BrFN2OS. The molecule has 0 fully saturated rings. The molecule has 2 aromatic rings. The van der Waals surface area contributed by atoms with E-state index in [0.29, 0.717) is 10.5 Å². The fraction of sp³-hybridized carbons (Fsp3) is 0. The maximum Gasteiger partial charge on any atom is 0.256 e. The van der Waals surface area contributed by atoms with E-state index in [-0.39, 0.29) is 11.3 Å². The van der Waals surface area contributed by atoms with Crippen LogP contribution in [0.3, 0.4) is 0 Å². The molecule has 0 radical (unpaired) electrons. The number of rotatable bonds is 2. The topological polar surface area (TPSA) is 52.9 Å². The number of nitriles is 1. The van der Waals surface area contributed by atoms with E-state index in [2.05, 4.69) is 33.9 Å². The smallest absolute Gasteiger partial charge is 0.256 e. The van der Waals surface area contributed by atoms with Crippen LogP contribution in [0.5, 0.6) is 0 Å². The Labute approximate surface area is 129 Å². The van der Waals surface area contributed by atoms with Crippen LogP contribution in [0.4, 0.5) is 10.1 Å². The molecule has 0 heterocycles. The Hall–Kier alpha value is -1.84. The molecular weight excluding hydrogens is 343 g/mol. The van der Waals surface area contributed by atoms with Gasteiger partial charge in [-0.05, 0) is 36.4 Å². The van der Waals surface area contributed by atoms with Crippen molar-refractivity contribution in [2.45, 2.75) is 4.90 Å². The first kappa shape index (κ1) is 14.6. The predicted molar refractivity (Wildman–Crippen MR) is 80.5 cm³/mol. The Morgan fingerprint density at radius 2 is 2.05 bits per heavy atom. The number of hydrogen-bond acceptors (Lipinski definition) is 3. The summed E-state index contributed by atoms with van der Waals surface area (Å²) in [7, 11) is 0. The average molecular weight is 351 g/mol. The normalized spacial score (nSPS) is 9.90. The van der Waals surface area contributed by atoms with Gasteiger partial charge in [-0.2, -0.15) is 5.26 Å². The summed E-state index contributed by atoms with van der Waals surface area (Å²) < 4.78 is 14.5. The zero-order valence-electron chi connectivity index (χ0n) is 10.0. The predicted octanol–water partition coefficient (Wildman–Crippen LogP) is 4.00. The van der Waals surface area contributed by atoms with E-state index in [1.54, 1.807) is 18.2 Å². The second-order valence-corrected chi connectivity index (χ2v) is 5.32. The van der Waals surface area contributed by atoms with Crippen molar-refractivity contribution in [3.63, 3.8) is 0 Å². The maximum absolute atomic E-state index is 13.7. The number of benzene rings is 2. The standard InChI is InChI=1S/C14H8BrFN2OS/c15-9-2-3-10(13(20)6-9)14(19)18-12-4-1-8(7-17)5-11(12)16/h1-6,20H,(H,18,19). The lowest BCUT2D eigenvalue weighted by Gasteiger charge is -2.08. The first-order valence-electron chi connectivity index (χ1n) is 5.51. The van der Waals surface area contributed by atoms with Gasteiger partial charge in [-0.25, -0.2) is 4.39 Å². The minimum atomic E-state index is -0.657. The second-order valence-electron chi connectivity index (χ2n) is 3.92. The van der Waals surface area contributed by atoms with Crippen molar-refractivity contribution in [1.29, 1.82) is 5.26 Å². The first-order valence-corrected chi connectivity index (χ1v) is 6.75. The average Bonchev–Trinajstić information content (AvgIpc) is 2.40. The van der Waals surface area contributed by atoms with Crippen molar-refractivity contribution in [2.24, 2.45) is 0 Å². The molecule has 2 aromatic carbocycles. The highest BCUT2D eigenvalue weighted by molar-refractivity contribution is 9.10. The molecule has 0 atom stereocenters. The summed E-state index contributed by atoms with van der Waals surface area (Å²) in [5.41, 5.74) is 0.545. The zero-order valence-corrected chi connectivity index (χ0v) is 12.5. The SMILES string of the molecule is N#Cc1ccc(NC(=O)c2ccc(Br)cc2S)c(F)c1. The number of halogens is 2. The summed E-state index contributed by atoms with van der Waals surface area (Å²) in [6.07, 6.45) is 0. The van der Waals surface area contributed by atoms with Crippen molar-refractivity contribution in [3.8, 4) is 6.07 Å². The summed E-state index contributed by atoms with van der Waals surface area (Å²) in [5, 5.41) is 11.1. The molecule has 0 aliphatic heterocycles. The van der Waals surface area contributed by atoms with Crippen LogP contribution in [0.15, 0.2) is 45.8 Å². The fourth-order valence-corrected chi connectivity index (χ4v) is 2.43. The van der Waals surface area contributed by atoms with E-state index in [4.69, 9.17) is 5.26 Å². The molecule has 0 aliphatic rings. The van der Waals surface area contributed by atoms with Gasteiger partial charge < -0.3 is 5.32 Å².